The summed E-state index contributed by atoms with van der Waals surface area (Å²) in [5.41, 5.74) is -0.165. The van der Waals surface area contributed by atoms with E-state index in [1.165, 1.54) is 6.08 Å². The van der Waals surface area contributed by atoms with Gasteiger partial charge in [-0.1, -0.05) is 6.08 Å². The van der Waals surface area contributed by atoms with E-state index in [0.29, 0.717) is 0 Å². The monoisotopic (exact) mass is 196 g/mol. The maximum absolute atomic E-state index is 10.6. The van der Waals surface area contributed by atoms with Crippen molar-refractivity contribution in [1.82, 2.24) is 9.55 Å². The summed E-state index contributed by atoms with van der Waals surface area (Å²) < 4.78 is 1.07. The number of hydrogen-bond acceptors (Lipinski definition) is 3. The second-order valence-electron chi connectivity index (χ2n) is 2.48. The number of aromatic carboxylic acids is 2. The molecule has 1 heterocycles. The van der Waals surface area contributed by atoms with Crippen LogP contribution in [0.4, 0.5) is 0 Å². The molecule has 6 heteroatoms. The van der Waals surface area contributed by atoms with Crippen LogP contribution in [0, 0.1) is 0 Å². The zero-order chi connectivity index (χ0) is 10.7. The first-order valence-corrected chi connectivity index (χ1v) is 3.71. The van der Waals surface area contributed by atoms with Crippen LogP contribution in [0.2, 0.25) is 0 Å². The second-order valence-corrected chi connectivity index (χ2v) is 2.48. The van der Waals surface area contributed by atoms with Crippen LogP contribution >= 0.6 is 0 Å². The van der Waals surface area contributed by atoms with Gasteiger partial charge in [-0.2, -0.15) is 0 Å². The first-order chi connectivity index (χ1) is 6.57. The van der Waals surface area contributed by atoms with Crippen molar-refractivity contribution in [3.63, 3.8) is 0 Å². The third kappa shape index (κ3) is 1.63. The molecule has 0 amide bonds. The molecule has 1 aromatic rings. The summed E-state index contributed by atoms with van der Waals surface area (Å²) in [5, 5.41) is 17.4. The molecule has 0 aromatic carbocycles. The maximum Gasteiger partial charge on any atom is 0.372 e. The van der Waals surface area contributed by atoms with Gasteiger partial charge in [0.05, 0.1) is 6.20 Å². The van der Waals surface area contributed by atoms with Crippen LogP contribution < -0.4 is 0 Å². The number of carboxylic acid groups (broad SMARTS) is 2. The zero-order valence-corrected chi connectivity index (χ0v) is 7.17. The van der Waals surface area contributed by atoms with E-state index < -0.39 is 11.9 Å². The molecule has 0 saturated heterocycles. The highest BCUT2D eigenvalue weighted by Gasteiger charge is 2.18. The summed E-state index contributed by atoms with van der Waals surface area (Å²) in [6.07, 6.45) is 2.41. The quantitative estimate of drug-likeness (QED) is 0.682. The Kier molecular flexibility index (Phi) is 2.66. The van der Waals surface area contributed by atoms with E-state index in [1.54, 1.807) is 0 Å². The Morgan fingerprint density at radius 2 is 2.14 bits per heavy atom. The topological polar surface area (TPSA) is 92.4 Å². The van der Waals surface area contributed by atoms with Gasteiger partial charge in [-0.05, 0) is 0 Å². The molecule has 0 aliphatic rings. The van der Waals surface area contributed by atoms with E-state index >= 15 is 0 Å². The van der Waals surface area contributed by atoms with Gasteiger partial charge in [-0.25, -0.2) is 14.6 Å². The molecule has 0 aliphatic carbocycles. The van der Waals surface area contributed by atoms with Gasteiger partial charge in [-0.3, -0.25) is 0 Å². The van der Waals surface area contributed by atoms with Gasteiger partial charge in [0, 0.05) is 6.54 Å². The maximum atomic E-state index is 10.6. The molecule has 0 aliphatic heterocycles. The average molecular weight is 196 g/mol. The van der Waals surface area contributed by atoms with E-state index in [-0.39, 0.29) is 18.1 Å². The van der Waals surface area contributed by atoms with Gasteiger partial charge in [0.25, 0.3) is 0 Å². The highest BCUT2D eigenvalue weighted by molar-refractivity contribution is 5.89. The zero-order valence-electron chi connectivity index (χ0n) is 7.17. The summed E-state index contributed by atoms with van der Waals surface area (Å²) >= 11 is 0. The molecule has 14 heavy (non-hydrogen) atoms. The van der Waals surface area contributed by atoms with E-state index in [4.69, 9.17) is 10.2 Å². The molecule has 0 radical (unpaired) electrons. The van der Waals surface area contributed by atoms with Crippen molar-refractivity contribution < 1.29 is 19.8 Å². The second kappa shape index (κ2) is 3.73. The summed E-state index contributed by atoms with van der Waals surface area (Å²) in [4.78, 5) is 24.8. The summed E-state index contributed by atoms with van der Waals surface area (Å²) in [7, 11) is 0. The van der Waals surface area contributed by atoms with Gasteiger partial charge in [0.2, 0.25) is 5.82 Å². The molecule has 6 nitrogen and oxygen atoms in total. The third-order valence-corrected chi connectivity index (χ3v) is 1.58. The summed E-state index contributed by atoms with van der Waals surface area (Å²) in [6.45, 7) is 3.50. The Labute approximate surface area is 79.1 Å². The van der Waals surface area contributed by atoms with Gasteiger partial charge in [0.1, 0.15) is 5.69 Å². The average Bonchev–Trinajstić information content (AvgIpc) is 2.48. The lowest BCUT2D eigenvalue weighted by Gasteiger charge is -2.02. The van der Waals surface area contributed by atoms with Gasteiger partial charge in [-0.15, -0.1) is 6.58 Å². The van der Waals surface area contributed by atoms with Crippen molar-refractivity contribution in [2.45, 2.75) is 6.54 Å². The normalized spacial score (nSPS) is 9.71. The minimum absolute atomic E-state index is 0.100. The van der Waals surface area contributed by atoms with Crippen molar-refractivity contribution >= 4 is 11.9 Å². The Morgan fingerprint density at radius 3 is 2.57 bits per heavy atom. The van der Waals surface area contributed by atoms with Crippen LogP contribution in [0.15, 0.2) is 18.9 Å². The highest BCUT2D eigenvalue weighted by atomic mass is 16.4. The number of rotatable bonds is 4. The lowest BCUT2D eigenvalue weighted by atomic mass is 10.4. The lowest BCUT2D eigenvalue weighted by Crippen LogP contribution is -2.14. The van der Waals surface area contributed by atoms with Crippen LogP contribution in [0.5, 0.6) is 0 Å². The smallest absolute Gasteiger partial charge is 0.372 e. The molecule has 1 aromatic heterocycles. The Hall–Kier alpha value is -2.11. The third-order valence-electron chi connectivity index (χ3n) is 1.58. The molecule has 0 bridgehead atoms. The fourth-order valence-corrected chi connectivity index (χ4v) is 1.03. The van der Waals surface area contributed by atoms with Gasteiger partial charge < -0.3 is 14.8 Å². The van der Waals surface area contributed by atoms with Gasteiger partial charge in [0.15, 0.2) is 0 Å². The molecule has 0 atom stereocenters. The fourth-order valence-electron chi connectivity index (χ4n) is 1.03. The molecule has 1 rings (SSSR count). The number of allylic oxidation sites excluding steroid dienone is 1. The minimum atomic E-state index is -1.26. The molecule has 0 spiro atoms. The van der Waals surface area contributed by atoms with Crippen LogP contribution in [0.3, 0.4) is 0 Å². The van der Waals surface area contributed by atoms with Crippen molar-refractivity contribution in [3.8, 4) is 0 Å². The number of aromatic nitrogens is 2. The van der Waals surface area contributed by atoms with Gasteiger partial charge >= 0.3 is 11.9 Å². The van der Waals surface area contributed by atoms with Crippen LogP contribution in [0.1, 0.15) is 21.1 Å². The van der Waals surface area contributed by atoms with E-state index in [2.05, 4.69) is 11.6 Å². The van der Waals surface area contributed by atoms with Crippen LogP contribution in [-0.4, -0.2) is 31.7 Å². The molecule has 0 unspecified atom stereocenters. The summed E-state index contributed by atoms with van der Waals surface area (Å²) in [5.74, 6) is -2.78. The fraction of sp³-hybridized carbons (Fsp3) is 0.125. The molecule has 74 valence electrons. The number of carboxylic acids is 2. The van der Waals surface area contributed by atoms with Crippen molar-refractivity contribution in [1.29, 1.82) is 0 Å². The first-order valence-electron chi connectivity index (χ1n) is 3.71. The molecular weight excluding hydrogens is 188 g/mol. The van der Waals surface area contributed by atoms with Crippen LogP contribution in [-0.2, 0) is 6.54 Å². The Morgan fingerprint density at radius 1 is 1.50 bits per heavy atom. The van der Waals surface area contributed by atoms with E-state index in [1.807, 2.05) is 0 Å². The Bertz CT molecular complexity index is 363. The number of carbonyl (C=O) groups is 2. The Balaban J connectivity index is 3.26. The number of hydrogen-bond donors (Lipinski definition) is 2. The number of nitrogens with zero attached hydrogens (tertiary/aromatic N) is 2. The van der Waals surface area contributed by atoms with Crippen molar-refractivity contribution in [2.24, 2.45) is 0 Å². The largest absolute Gasteiger partial charge is 0.477 e. The van der Waals surface area contributed by atoms with Crippen molar-refractivity contribution in [2.75, 3.05) is 0 Å². The molecule has 0 saturated carbocycles. The predicted molar refractivity (Wildman–Crippen MR) is 46.3 cm³/mol. The lowest BCUT2D eigenvalue weighted by molar-refractivity contribution is 0.0675. The number of imidazole rings is 1. The van der Waals surface area contributed by atoms with E-state index in [0.717, 1.165) is 10.8 Å². The predicted octanol–water partition coefficient (Wildman–Crippen LogP) is 0.465. The van der Waals surface area contributed by atoms with Crippen molar-refractivity contribution in [3.05, 3.63) is 30.4 Å². The molecular formula is C8H8N2O4. The first kappa shape index (κ1) is 9.97. The molecule has 0 fully saturated rings. The minimum Gasteiger partial charge on any atom is -0.477 e. The molecule has 2 N–H and O–H groups in total. The van der Waals surface area contributed by atoms with Crippen LogP contribution in [0.25, 0.3) is 0 Å². The standard InChI is InChI=1S/C8H8N2O4/c1-2-3-10-5(7(11)12)4-9-6(10)8(13)14/h2,4H,1,3H2,(H,11,12)(H,13,14). The summed E-state index contributed by atoms with van der Waals surface area (Å²) in [6, 6.07) is 0. The van der Waals surface area contributed by atoms with E-state index in [9.17, 15) is 9.59 Å². The highest BCUT2D eigenvalue weighted by Crippen LogP contribution is 2.06. The SMILES string of the molecule is C=CCn1c(C(=O)O)cnc1C(=O)O.